The van der Waals surface area contributed by atoms with Crippen molar-refractivity contribution in [1.82, 2.24) is 20.2 Å². The van der Waals surface area contributed by atoms with Crippen LogP contribution in [0.15, 0.2) is 70.9 Å². The van der Waals surface area contributed by atoms with Crippen LogP contribution >= 0.6 is 34.4 Å². The van der Waals surface area contributed by atoms with Gasteiger partial charge in [0, 0.05) is 20.5 Å². The summed E-state index contributed by atoms with van der Waals surface area (Å²) >= 11 is 3.49. The Morgan fingerprint density at radius 1 is 1.10 bits per heavy atom. The number of aromatic nitrogens is 3. The van der Waals surface area contributed by atoms with Crippen molar-refractivity contribution in [1.29, 1.82) is 0 Å². The van der Waals surface area contributed by atoms with Crippen LogP contribution in [-0.4, -0.2) is 57.9 Å². The number of hydrogen-bond donors (Lipinski definition) is 3. The number of aromatic carboxylic acids is 1. The number of halogens is 1. The number of aryl methyl sites for hydroxylation is 1. The van der Waals surface area contributed by atoms with Gasteiger partial charge in [0.25, 0.3) is 5.91 Å². The number of nitrogens with one attached hydrogen (secondary N) is 2. The Morgan fingerprint density at radius 2 is 1.88 bits per heavy atom. The van der Waals surface area contributed by atoms with E-state index in [2.05, 4.69) is 54.7 Å². The summed E-state index contributed by atoms with van der Waals surface area (Å²) in [6.45, 7) is 2.47. The van der Waals surface area contributed by atoms with Gasteiger partial charge in [-0.15, -0.1) is 10.2 Å². The van der Waals surface area contributed by atoms with Crippen molar-refractivity contribution >= 4 is 58.1 Å². The smallest absolute Gasteiger partial charge is 0.340 e. The Labute approximate surface area is 254 Å². The van der Waals surface area contributed by atoms with Crippen molar-refractivity contribution in [3.63, 3.8) is 0 Å². The maximum absolute atomic E-state index is 12.6. The highest BCUT2D eigenvalue weighted by Crippen LogP contribution is 2.33. The first-order valence-electron chi connectivity index (χ1n) is 12.2. The second kappa shape index (κ2) is 14.0. The number of para-hydroxylation sites is 1. The quantitative estimate of drug-likeness (QED) is 0.0834. The van der Waals surface area contributed by atoms with E-state index in [1.165, 1.54) is 38.3 Å². The number of thioether (sulfide) groups is 1. The van der Waals surface area contributed by atoms with Gasteiger partial charge < -0.3 is 19.9 Å². The van der Waals surface area contributed by atoms with Crippen LogP contribution in [0.1, 0.15) is 27.3 Å². The number of ether oxygens (including phenoxy) is 2. The van der Waals surface area contributed by atoms with Crippen molar-refractivity contribution in [2.75, 3.05) is 25.3 Å². The van der Waals surface area contributed by atoms with Crippen LogP contribution in [0.3, 0.4) is 0 Å². The van der Waals surface area contributed by atoms with Crippen molar-refractivity contribution < 1.29 is 24.2 Å². The summed E-state index contributed by atoms with van der Waals surface area (Å²) in [5.41, 5.74) is 5.53. The minimum absolute atomic E-state index is 0.00366. The number of hydrogen-bond acceptors (Lipinski definition) is 9. The average Bonchev–Trinajstić information content (AvgIpc) is 3.38. The molecule has 1 aromatic heterocycles. The van der Waals surface area contributed by atoms with Gasteiger partial charge in [-0.2, -0.15) is 5.10 Å². The van der Waals surface area contributed by atoms with E-state index in [0.29, 0.717) is 17.5 Å². The summed E-state index contributed by atoms with van der Waals surface area (Å²) < 4.78 is 13.4. The number of benzene rings is 3. The number of nitrogens with zero attached hydrogens (tertiary/aromatic N) is 4. The Balaban J connectivity index is 1.46. The monoisotopic (exact) mass is 686 g/mol. The molecule has 4 aromatic rings. The van der Waals surface area contributed by atoms with Gasteiger partial charge in [-0.05, 0) is 77.5 Å². The second-order valence-corrected chi connectivity index (χ2v) is 10.7. The lowest BCUT2D eigenvalue weighted by atomic mass is 10.1. The number of carboxylic acids is 1. The number of rotatable bonds is 12. The van der Waals surface area contributed by atoms with E-state index in [4.69, 9.17) is 9.47 Å². The second-order valence-electron chi connectivity index (χ2n) is 8.53. The van der Waals surface area contributed by atoms with Crippen molar-refractivity contribution in [3.05, 3.63) is 86.7 Å². The maximum Gasteiger partial charge on any atom is 0.340 e. The zero-order valence-electron chi connectivity index (χ0n) is 22.4. The Hall–Kier alpha value is -4.11. The SMILES string of the molecule is COc1ccc(C=NNC(=O)CSc2nnc(CNc3ccc(I)cc3C)n2-c2ccccc2)c(C(=O)O)c1OC. The molecule has 0 atom stereocenters. The first kappa shape index (κ1) is 29.9. The van der Waals surface area contributed by atoms with Crippen LogP contribution in [-0.2, 0) is 11.3 Å². The standard InChI is InChI=1S/C28H27IN6O5S/c1-17-13-19(29)10-11-21(17)30-15-23-32-34-28(35(23)20-7-5-4-6-8-20)41-16-24(36)33-31-14-18-9-12-22(39-2)26(40-3)25(18)27(37)38/h4-14,30H,15-16H2,1-3H3,(H,33,36)(H,37,38). The highest BCUT2D eigenvalue weighted by Gasteiger charge is 2.20. The highest BCUT2D eigenvalue weighted by atomic mass is 127. The molecule has 0 spiro atoms. The van der Waals surface area contributed by atoms with Crippen LogP contribution in [0, 0.1) is 10.5 Å². The predicted molar refractivity (Wildman–Crippen MR) is 166 cm³/mol. The summed E-state index contributed by atoms with van der Waals surface area (Å²) in [5, 5.41) is 26.3. The fourth-order valence-corrected chi connectivity index (χ4v) is 5.36. The summed E-state index contributed by atoms with van der Waals surface area (Å²) in [7, 11) is 2.76. The molecule has 0 saturated heterocycles. The largest absolute Gasteiger partial charge is 0.493 e. The topological polar surface area (TPSA) is 140 Å². The van der Waals surface area contributed by atoms with Crippen molar-refractivity contribution in [2.24, 2.45) is 5.10 Å². The molecule has 0 aliphatic heterocycles. The third kappa shape index (κ3) is 7.35. The zero-order valence-corrected chi connectivity index (χ0v) is 25.4. The Bertz CT molecular complexity index is 1580. The summed E-state index contributed by atoms with van der Waals surface area (Å²) in [6.07, 6.45) is 1.25. The molecule has 0 aliphatic rings. The lowest BCUT2D eigenvalue weighted by Gasteiger charge is -2.13. The molecule has 13 heteroatoms. The summed E-state index contributed by atoms with van der Waals surface area (Å²) in [4.78, 5) is 24.4. The summed E-state index contributed by atoms with van der Waals surface area (Å²) in [6, 6.07) is 18.9. The number of methoxy groups -OCH3 is 2. The molecular weight excluding hydrogens is 659 g/mol. The van der Waals surface area contributed by atoms with Crippen molar-refractivity contribution in [2.45, 2.75) is 18.6 Å². The van der Waals surface area contributed by atoms with E-state index in [1.54, 1.807) is 6.07 Å². The van der Waals surface area contributed by atoms with Gasteiger partial charge in [0.15, 0.2) is 22.5 Å². The normalized spacial score (nSPS) is 10.9. The molecule has 0 radical (unpaired) electrons. The molecule has 0 unspecified atom stereocenters. The van der Waals surface area contributed by atoms with Gasteiger partial charge in [0.2, 0.25) is 0 Å². The lowest BCUT2D eigenvalue weighted by Crippen LogP contribution is -2.20. The first-order chi connectivity index (χ1) is 19.8. The van der Waals surface area contributed by atoms with E-state index < -0.39 is 11.9 Å². The van der Waals surface area contributed by atoms with Gasteiger partial charge in [0.1, 0.15) is 5.56 Å². The van der Waals surface area contributed by atoms with Gasteiger partial charge >= 0.3 is 5.97 Å². The minimum atomic E-state index is -1.22. The molecule has 3 N–H and O–H groups in total. The molecule has 41 heavy (non-hydrogen) atoms. The third-order valence-corrected chi connectivity index (χ3v) is 7.46. The molecular formula is C28H27IN6O5S. The fraction of sp³-hybridized carbons (Fsp3) is 0.179. The Kier molecular flexibility index (Phi) is 10.2. The molecule has 0 aliphatic carbocycles. The van der Waals surface area contributed by atoms with E-state index in [1.807, 2.05) is 54.0 Å². The molecule has 1 amide bonds. The van der Waals surface area contributed by atoms with E-state index in [-0.39, 0.29) is 28.4 Å². The van der Waals surface area contributed by atoms with Crippen LogP contribution in [0.25, 0.3) is 5.69 Å². The molecule has 11 nitrogen and oxygen atoms in total. The number of carbonyl (C=O) groups excluding carboxylic acids is 1. The number of amides is 1. The third-order valence-electron chi connectivity index (χ3n) is 5.86. The fourth-order valence-electron chi connectivity index (χ4n) is 3.95. The molecule has 0 saturated carbocycles. The molecule has 0 bridgehead atoms. The highest BCUT2D eigenvalue weighted by molar-refractivity contribution is 14.1. The maximum atomic E-state index is 12.6. The van der Waals surface area contributed by atoms with Gasteiger partial charge in [0.05, 0.1) is 32.7 Å². The molecule has 212 valence electrons. The number of carbonyl (C=O) groups is 2. The first-order valence-corrected chi connectivity index (χ1v) is 14.3. The average molecular weight is 687 g/mol. The van der Waals surface area contributed by atoms with Gasteiger partial charge in [-0.1, -0.05) is 30.0 Å². The predicted octanol–water partition coefficient (Wildman–Crippen LogP) is 4.75. The van der Waals surface area contributed by atoms with E-state index in [0.717, 1.165) is 20.5 Å². The van der Waals surface area contributed by atoms with Crippen LogP contribution in [0.2, 0.25) is 0 Å². The molecule has 1 heterocycles. The van der Waals surface area contributed by atoms with Gasteiger partial charge in [-0.3, -0.25) is 9.36 Å². The van der Waals surface area contributed by atoms with Crippen molar-refractivity contribution in [3.8, 4) is 17.2 Å². The molecule has 3 aromatic carbocycles. The molecule has 4 rings (SSSR count). The lowest BCUT2D eigenvalue weighted by molar-refractivity contribution is -0.118. The van der Waals surface area contributed by atoms with Crippen LogP contribution in [0.5, 0.6) is 11.5 Å². The van der Waals surface area contributed by atoms with Crippen LogP contribution < -0.4 is 20.2 Å². The number of carboxylic acid groups (broad SMARTS) is 1. The zero-order chi connectivity index (χ0) is 29.4. The van der Waals surface area contributed by atoms with Crippen LogP contribution in [0.4, 0.5) is 5.69 Å². The molecule has 0 fully saturated rings. The summed E-state index contributed by atoms with van der Waals surface area (Å²) in [5.74, 6) is -0.595. The number of hydrazone groups is 1. The van der Waals surface area contributed by atoms with E-state index >= 15 is 0 Å². The Morgan fingerprint density at radius 3 is 2.56 bits per heavy atom. The van der Waals surface area contributed by atoms with Gasteiger partial charge in [-0.25, -0.2) is 10.2 Å². The van der Waals surface area contributed by atoms with E-state index in [9.17, 15) is 14.7 Å². The minimum Gasteiger partial charge on any atom is -0.493 e. The number of anilines is 1.